The average Bonchev–Trinajstić information content (AvgIpc) is 3.15. The summed E-state index contributed by atoms with van der Waals surface area (Å²) < 4.78 is 15.9. The van der Waals surface area contributed by atoms with Crippen LogP contribution in [0.4, 0.5) is 0 Å². The largest absolute Gasteiger partial charge is 0.484 e. The van der Waals surface area contributed by atoms with E-state index in [4.69, 9.17) is 13.6 Å². The summed E-state index contributed by atoms with van der Waals surface area (Å²) in [5.74, 6) is 0.422. The molecule has 4 rings (SSSR count). The molecule has 1 saturated heterocycles. The highest BCUT2D eigenvalue weighted by molar-refractivity contribution is 5.91. The predicted octanol–water partition coefficient (Wildman–Crippen LogP) is 2.14. The number of carbonyl (C=O) groups is 2. The fraction of sp³-hybridized carbons (Fsp3) is 0.286. The number of fused-ring (bicyclic) bond motifs is 1. The smallest absolute Gasteiger partial charge is 0.336 e. The highest BCUT2D eigenvalue weighted by Crippen LogP contribution is 2.19. The number of furan rings is 1. The van der Waals surface area contributed by atoms with E-state index in [0.717, 1.165) is 5.39 Å². The summed E-state index contributed by atoms with van der Waals surface area (Å²) in [6, 6.07) is 11.4. The maximum Gasteiger partial charge on any atom is 0.336 e. The van der Waals surface area contributed by atoms with E-state index in [0.29, 0.717) is 49.7 Å². The Morgan fingerprint density at radius 2 is 1.79 bits per heavy atom. The number of rotatable bonds is 4. The summed E-state index contributed by atoms with van der Waals surface area (Å²) in [5.41, 5.74) is -0.0340. The summed E-state index contributed by atoms with van der Waals surface area (Å²) in [4.78, 5) is 39.7. The Labute approximate surface area is 166 Å². The fourth-order valence-electron chi connectivity index (χ4n) is 3.29. The van der Waals surface area contributed by atoms with Crippen LogP contribution >= 0.6 is 0 Å². The first kappa shape index (κ1) is 18.8. The van der Waals surface area contributed by atoms with Crippen molar-refractivity contribution < 1.29 is 23.2 Å². The van der Waals surface area contributed by atoms with E-state index < -0.39 is 5.63 Å². The van der Waals surface area contributed by atoms with E-state index in [2.05, 4.69) is 0 Å². The zero-order valence-electron chi connectivity index (χ0n) is 15.7. The van der Waals surface area contributed by atoms with Crippen molar-refractivity contribution in [2.75, 3.05) is 32.8 Å². The molecule has 0 N–H and O–H groups in total. The van der Waals surface area contributed by atoms with Gasteiger partial charge in [0.15, 0.2) is 12.4 Å². The highest BCUT2D eigenvalue weighted by Gasteiger charge is 2.24. The predicted molar refractivity (Wildman–Crippen MR) is 104 cm³/mol. The van der Waals surface area contributed by atoms with Gasteiger partial charge in [0.1, 0.15) is 11.3 Å². The molecule has 8 nitrogen and oxygen atoms in total. The number of carbonyl (C=O) groups excluding carboxylic acids is 2. The molecule has 0 bridgehead atoms. The number of benzene rings is 1. The molecule has 3 aromatic rings. The maximum atomic E-state index is 12.6. The Bertz CT molecular complexity index is 1070. The van der Waals surface area contributed by atoms with E-state index in [-0.39, 0.29) is 18.4 Å². The Morgan fingerprint density at radius 1 is 1.00 bits per heavy atom. The van der Waals surface area contributed by atoms with Crippen LogP contribution in [0.5, 0.6) is 5.75 Å². The monoisotopic (exact) mass is 396 g/mol. The molecule has 1 fully saturated rings. The number of hydrogen-bond donors (Lipinski definition) is 0. The molecule has 3 heterocycles. The Morgan fingerprint density at radius 3 is 2.62 bits per heavy atom. The average molecular weight is 396 g/mol. The summed E-state index contributed by atoms with van der Waals surface area (Å²) >= 11 is 0. The molecular formula is C21H20N2O6. The first-order valence-corrected chi connectivity index (χ1v) is 9.37. The van der Waals surface area contributed by atoms with Gasteiger partial charge in [-0.2, -0.15) is 0 Å². The molecule has 1 aliphatic heterocycles. The van der Waals surface area contributed by atoms with Gasteiger partial charge >= 0.3 is 5.63 Å². The van der Waals surface area contributed by atoms with E-state index in [9.17, 15) is 14.4 Å². The van der Waals surface area contributed by atoms with Crippen LogP contribution in [0.15, 0.2) is 62.4 Å². The van der Waals surface area contributed by atoms with Gasteiger partial charge in [-0.3, -0.25) is 9.59 Å². The second-order valence-corrected chi connectivity index (χ2v) is 6.75. The van der Waals surface area contributed by atoms with Crippen molar-refractivity contribution >= 4 is 22.8 Å². The Balaban J connectivity index is 1.34. The molecule has 0 unspecified atom stereocenters. The van der Waals surface area contributed by atoms with Crippen molar-refractivity contribution in [3.05, 3.63) is 64.9 Å². The topological polar surface area (TPSA) is 93.2 Å². The number of amides is 2. The van der Waals surface area contributed by atoms with Crippen LogP contribution in [-0.2, 0) is 4.79 Å². The fourth-order valence-corrected chi connectivity index (χ4v) is 3.29. The standard InChI is InChI=1S/C21H20N2O6/c24-19(14-28-16-6-4-15-5-7-20(25)29-18(15)13-16)22-8-2-9-23(11-10-22)21(26)17-3-1-12-27-17/h1,3-7,12-13H,2,8-11,14H2. The summed E-state index contributed by atoms with van der Waals surface area (Å²) in [6.45, 7) is 1.85. The van der Waals surface area contributed by atoms with Gasteiger partial charge in [-0.05, 0) is 36.8 Å². The molecule has 150 valence electrons. The van der Waals surface area contributed by atoms with Gasteiger partial charge in [0.05, 0.1) is 6.26 Å². The second kappa shape index (κ2) is 8.22. The second-order valence-electron chi connectivity index (χ2n) is 6.75. The van der Waals surface area contributed by atoms with Crippen LogP contribution in [-0.4, -0.2) is 54.4 Å². The Hall–Kier alpha value is -3.55. The van der Waals surface area contributed by atoms with Crippen molar-refractivity contribution in [1.82, 2.24) is 9.80 Å². The number of ether oxygens (including phenoxy) is 1. The van der Waals surface area contributed by atoms with Gasteiger partial charge in [-0.1, -0.05) is 0 Å². The van der Waals surface area contributed by atoms with Crippen LogP contribution < -0.4 is 10.4 Å². The quantitative estimate of drug-likeness (QED) is 0.628. The third-order valence-electron chi connectivity index (χ3n) is 4.82. The molecule has 0 atom stereocenters. The third kappa shape index (κ3) is 4.31. The molecule has 29 heavy (non-hydrogen) atoms. The lowest BCUT2D eigenvalue weighted by Gasteiger charge is -2.21. The molecular weight excluding hydrogens is 376 g/mol. The molecule has 0 aliphatic carbocycles. The first-order chi connectivity index (χ1) is 14.1. The van der Waals surface area contributed by atoms with E-state index in [1.165, 1.54) is 12.3 Å². The van der Waals surface area contributed by atoms with Gasteiger partial charge in [0.2, 0.25) is 0 Å². The zero-order valence-corrected chi connectivity index (χ0v) is 15.7. The SMILES string of the molecule is O=C(COc1ccc2ccc(=O)oc2c1)N1CCCN(C(=O)c2ccco2)CC1. The van der Waals surface area contributed by atoms with Gasteiger partial charge in [0.25, 0.3) is 11.8 Å². The molecule has 0 spiro atoms. The van der Waals surface area contributed by atoms with Crippen molar-refractivity contribution in [3.8, 4) is 5.75 Å². The summed E-state index contributed by atoms with van der Waals surface area (Å²) in [6.07, 6.45) is 2.15. The normalized spacial score (nSPS) is 14.6. The lowest BCUT2D eigenvalue weighted by Crippen LogP contribution is -2.39. The minimum absolute atomic E-state index is 0.130. The minimum atomic E-state index is -0.441. The summed E-state index contributed by atoms with van der Waals surface area (Å²) in [5, 5.41) is 0.775. The van der Waals surface area contributed by atoms with Crippen LogP contribution in [0.2, 0.25) is 0 Å². The van der Waals surface area contributed by atoms with E-state index >= 15 is 0 Å². The zero-order chi connectivity index (χ0) is 20.2. The lowest BCUT2D eigenvalue weighted by atomic mass is 10.2. The van der Waals surface area contributed by atoms with Crippen molar-refractivity contribution in [2.24, 2.45) is 0 Å². The van der Waals surface area contributed by atoms with Gasteiger partial charge < -0.3 is 23.4 Å². The first-order valence-electron chi connectivity index (χ1n) is 9.37. The molecule has 2 aromatic heterocycles. The van der Waals surface area contributed by atoms with Crippen LogP contribution in [0.25, 0.3) is 11.0 Å². The lowest BCUT2D eigenvalue weighted by molar-refractivity contribution is -0.133. The van der Waals surface area contributed by atoms with Crippen molar-refractivity contribution in [1.29, 1.82) is 0 Å². The molecule has 1 aliphatic rings. The van der Waals surface area contributed by atoms with E-state index in [1.54, 1.807) is 46.2 Å². The van der Waals surface area contributed by atoms with Crippen molar-refractivity contribution in [3.63, 3.8) is 0 Å². The summed E-state index contributed by atoms with van der Waals surface area (Å²) in [7, 11) is 0. The number of hydrogen-bond acceptors (Lipinski definition) is 6. The number of nitrogens with zero attached hydrogens (tertiary/aromatic N) is 2. The third-order valence-corrected chi connectivity index (χ3v) is 4.82. The van der Waals surface area contributed by atoms with Gasteiger partial charge in [0, 0.05) is 43.7 Å². The molecule has 2 amide bonds. The molecule has 1 aromatic carbocycles. The molecule has 0 radical (unpaired) electrons. The van der Waals surface area contributed by atoms with Crippen LogP contribution in [0, 0.1) is 0 Å². The van der Waals surface area contributed by atoms with Crippen LogP contribution in [0.3, 0.4) is 0 Å². The highest BCUT2D eigenvalue weighted by atomic mass is 16.5. The van der Waals surface area contributed by atoms with E-state index in [1.807, 2.05) is 0 Å². The maximum absolute atomic E-state index is 12.6. The van der Waals surface area contributed by atoms with Gasteiger partial charge in [-0.15, -0.1) is 0 Å². The Kier molecular flexibility index (Phi) is 5.33. The van der Waals surface area contributed by atoms with Crippen LogP contribution in [0.1, 0.15) is 17.0 Å². The van der Waals surface area contributed by atoms with Gasteiger partial charge in [-0.25, -0.2) is 4.79 Å². The minimum Gasteiger partial charge on any atom is -0.484 e. The molecule has 8 heteroatoms. The molecule has 0 saturated carbocycles. The van der Waals surface area contributed by atoms with Crippen molar-refractivity contribution in [2.45, 2.75) is 6.42 Å².